The third kappa shape index (κ3) is 5.01. The molecule has 0 radical (unpaired) electrons. The van der Waals surface area contributed by atoms with Crippen molar-refractivity contribution < 1.29 is 14.3 Å². The third-order valence-electron chi connectivity index (χ3n) is 4.77. The van der Waals surface area contributed by atoms with Gasteiger partial charge in [-0.1, -0.05) is 23.7 Å². The Morgan fingerprint density at radius 2 is 1.85 bits per heavy atom. The molecule has 1 heterocycles. The number of likely N-dealkylation sites (tertiary alicyclic amines) is 1. The molecule has 1 N–H and O–H groups in total. The van der Waals surface area contributed by atoms with Crippen LogP contribution in [0, 0.1) is 0 Å². The second-order valence-electron chi connectivity index (χ2n) is 6.59. The van der Waals surface area contributed by atoms with Crippen molar-refractivity contribution in [3.8, 4) is 5.75 Å². The van der Waals surface area contributed by atoms with E-state index in [4.69, 9.17) is 16.3 Å². The molecule has 2 amide bonds. The largest absolute Gasteiger partial charge is 0.497 e. The van der Waals surface area contributed by atoms with Crippen LogP contribution in [0.1, 0.15) is 24.8 Å². The molecule has 0 aliphatic carbocycles. The lowest BCUT2D eigenvalue weighted by molar-refractivity contribution is -0.136. The van der Waals surface area contributed by atoms with Gasteiger partial charge in [0.05, 0.1) is 7.11 Å². The first-order valence-electron chi connectivity index (χ1n) is 9.05. The number of rotatable bonds is 6. The van der Waals surface area contributed by atoms with Crippen LogP contribution in [-0.2, 0) is 16.0 Å². The maximum absolute atomic E-state index is 12.7. The van der Waals surface area contributed by atoms with E-state index in [1.807, 2.05) is 24.3 Å². The summed E-state index contributed by atoms with van der Waals surface area (Å²) >= 11 is 5.87. The van der Waals surface area contributed by atoms with Gasteiger partial charge in [0.15, 0.2) is 0 Å². The van der Waals surface area contributed by atoms with Crippen LogP contribution in [0.3, 0.4) is 0 Å². The van der Waals surface area contributed by atoms with Gasteiger partial charge < -0.3 is 15.0 Å². The molecule has 0 saturated carbocycles. The lowest BCUT2D eigenvalue weighted by Gasteiger charge is -2.24. The zero-order chi connectivity index (χ0) is 19.2. The Labute approximate surface area is 164 Å². The highest BCUT2D eigenvalue weighted by atomic mass is 35.5. The summed E-state index contributed by atoms with van der Waals surface area (Å²) in [6.07, 6.45) is 2.56. The molecule has 1 aliphatic heterocycles. The lowest BCUT2D eigenvalue weighted by Crippen LogP contribution is -2.43. The van der Waals surface area contributed by atoms with Crippen LogP contribution in [0.25, 0.3) is 0 Å². The van der Waals surface area contributed by atoms with Crippen LogP contribution in [0.15, 0.2) is 48.5 Å². The Balaban J connectivity index is 1.56. The fraction of sp³-hybridized carbons (Fsp3) is 0.333. The number of carbonyl (C=O) groups is 2. The summed E-state index contributed by atoms with van der Waals surface area (Å²) in [4.78, 5) is 27.0. The molecule has 0 unspecified atom stereocenters. The number of methoxy groups -OCH3 is 1. The van der Waals surface area contributed by atoms with Crippen LogP contribution >= 0.6 is 11.6 Å². The molecule has 27 heavy (non-hydrogen) atoms. The summed E-state index contributed by atoms with van der Waals surface area (Å²) in [5.74, 6) is 0.663. The number of carbonyl (C=O) groups excluding carboxylic acids is 2. The maximum Gasteiger partial charge on any atom is 0.247 e. The number of nitrogens with one attached hydrogen (secondary N) is 1. The highest BCUT2D eigenvalue weighted by Gasteiger charge is 2.33. The average molecular weight is 387 g/mol. The van der Waals surface area contributed by atoms with E-state index in [0.29, 0.717) is 36.5 Å². The molecule has 1 atom stereocenters. The summed E-state index contributed by atoms with van der Waals surface area (Å²) in [5, 5.41) is 3.49. The molecular formula is C21H23ClN2O3. The number of anilines is 1. The van der Waals surface area contributed by atoms with Crippen molar-refractivity contribution in [3.05, 3.63) is 59.1 Å². The number of ether oxygens (including phenoxy) is 1. The van der Waals surface area contributed by atoms with Crippen LogP contribution in [0.5, 0.6) is 5.75 Å². The number of halogens is 1. The summed E-state index contributed by atoms with van der Waals surface area (Å²) in [5.41, 5.74) is 1.76. The molecule has 142 valence electrons. The molecule has 5 nitrogen and oxygen atoms in total. The Kier molecular flexibility index (Phi) is 6.35. The van der Waals surface area contributed by atoms with E-state index in [9.17, 15) is 9.59 Å². The van der Waals surface area contributed by atoms with Crippen LogP contribution in [-0.4, -0.2) is 36.4 Å². The number of nitrogens with zero attached hydrogens (tertiary/aromatic N) is 1. The van der Waals surface area contributed by atoms with Crippen molar-refractivity contribution in [1.82, 2.24) is 4.90 Å². The first-order chi connectivity index (χ1) is 13.1. The normalized spacial score (nSPS) is 16.2. The first-order valence-corrected chi connectivity index (χ1v) is 9.43. The molecule has 1 aliphatic rings. The van der Waals surface area contributed by atoms with Crippen molar-refractivity contribution in [2.75, 3.05) is 19.0 Å². The van der Waals surface area contributed by atoms with Gasteiger partial charge in [0, 0.05) is 23.7 Å². The number of hydrogen-bond donors (Lipinski definition) is 1. The molecule has 6 heteroatoms. The third-order valence-corrected chi connectivity index (χ3v) is 5.03. The fourth-order valence-corrected chi connectivity index (χ4v) is 3.41. The van der Waals surface area contributed by atoms with Crippen LogP contribution in [0.4, 0.5) is 5.69 Å². The number of amides is 2. The predicted octanol–water partition coefficient (Wildman–Crippen LogP) is 3.91. The van der Waals surface area contributed by atoms with E-state index >= 15 is 0 Å². The monoisotopic (exact) mass is 386 g/mol. The van der Waals surface area contributed by atoms with E-state index in [2.05, 4.69) is 5.32 Å². The Morgan fingerprint density at radius 1 is 1.15 bits per heavy atom. The quantitative estimate of drug-likeness (QED) is 0.818. The molecular weight excluding hydrogens is 364 g/mol. The Bertz CT molecular complexity index is 790. The Hall–Kier alpha value is -2.53. The second kappa shape index (κ2) is 8.91. The van der Waals surface area contributed by atoms with Crippen molar-refractivity contribution in [1.29, 1.82) is 0 Å². The summed E-state index contributed by atoms with van der Waals surface area (Å²) in [6.45, 7) is 0.625. The molecule has 2 aromatic carbocycles. The van der Waals surface area contributed by atoms with Gasteiger partial charge in [-0.2, -0.15) is 0 Å². The highest BCUT2D eigenvalue weighted by molar-refractivity contribution is 6.30. The Morgan fingerprint density at radius 3 is 2.52 bits per heavy atom. The summed E-state index contributed by atoms with van der Waals surface area (Å²) in [6, 6.07) is 14.2. The topological polar surface area (TPSA) is 58.6 Å². The second-order valence-corrected chi connectivity index (χ2v) is 7.03. The number of benzene rings is 2. The predicted molar refractivity (Wildman–Crippen MR) is 106 cm³/mol. The van der Waals surface area contributed by atoms with Crippen molar-refractivity contribution in [2.24, 2.45) is 0 Å². The van der Waals surface area contributed by atoms with E-state index in [-0.39, 0.29) is 11.8 Å². The minimum atomic E-state index is -0.413. The van der Waals surface area contributed by atoms with Crippen LogP contribution < -0.4 is 10.1 Å². The van der Waals surface area contributed by atoms with Crippen molar-refractivity contribution in [2.45, 2.75) is 31.7 Å². The van der Waals surface area contributed by atoms with Gasteiger partial charge in [0.2, 0.25) is 11.8 Å². The van der Waals surface area contributed by atoms with E-state index in [0.717, 1.165) is 17.7 Å². The highest BCUT2D eigenvalue weighted by Crippen LogP contribution is 2.22. The van der Waals surface area contributed by atoms with E-state index in [1.165, 1.54) is 0 Å². The standard InChI is InChI=1S/C21H23ClN2O3/c1-27-18-11-4-15(5-12-18)6-13-20(25)24-14-2-3-19(24)21(26)23-17-9-7-16(22)8-10-17/h4-5,7-12,19H,2-3,6,13-14H2,1H3,(H,23,26)/t19-/m0/s1. The SMILES string of the molecule is COc1ccc(CCC(=O)N2CCC[C@H]2C(=O)Nc2ccc(Cl)cc2)cc1. The van der Waals surface area contributed by atoms with Crippen molar-refractivity contribution in [3.63, 3.8) is 0 Å². The smallest absolute Gasteiger partial charge is 0.247 e. The molecule has 1 saturated heterocycles. The number of aryl methyl sites for hydroxylation is 1. The van der Waals surface area contributed by atoms with Gasteiger partial charge in [-0.3, -0.25) is 9.59 Å². The molecule has 2 aromatic rings. The molecule has 0 aromatic heterocycles. The lowest BCUT2D eigenvalue weighted by atomic mass is 10.1. The van der Waals surface area contributed by atoms with E-state index in [1.54, 1.807) is 36.3 Å². The zero-order valence-electron chi connectivity index (χ0n) is 15.3. The van der Waals surface area contributed by atoms with Gasteiger partial charge >= 0.3 is 0 Å². The molecule has 0 spiro atoms. The van der Waals surface area contributed by atoms with Gasteiger partial charge in [0.1, 0.15) is 11.8 Å². The van der Waals surface area contributed by atoms with E-state index < -0.39 is 6.04 Å². The van der Waals surface area contributed by atoms with Gasteiger partial charge in [-0.15, -0.1) is 0 Å². The molecule has 1 fully saturated rings. The fourth-order valence-electron chi connectivity index (χ4n) is 3.28. The molecule has 0 bridgehead atoms. The van der Waals surface area contributed by atoms with Gasteiger partial charge in [0.25, 0.3) is 0 Å². The minimum absolute atomic E-state index is 0.0135. The van der Waals surface area contributed by atoms with Crippen molar-refractivity contribution >= 4 is 29.1 Å². The van der Waals surface area contributed by atoms with Gasteiger partial charge in [-0.25, -0.2) is 0 Å². The van der Waals surface area contributed by atoms with Crippen LogP contribution in [0.2, 0.25) is 5.02 Å². The summed E-state index contributed by atoms with van der Waals surface area (Å²) in [7, 11) is 1.63. The number of hydrogen-bond acceptors (Lipinski definition) is 3. The van der Waals surface area contributed by atoms with Gasteiger partial charge in [-0.05, 0) is 61.2 Å². The summed E-state index contributed by atoms with van der Waals surface area (Å²) < 4.78 is 5.14. The zero-order valence-corrected chi connectivity index (χ0v) is 16.0. The first kappa shape index (κ1) is 19.2. The average Bonchev–Trinajstić information content (AvgIpc) is 3.18. The molecule has 3 rings (SSSR count). The minimum Gasteiger partial charge on any atom is -0.497 e. The maximum atomic E-state index is 12.7.